The number of thiophene rings is 1. The lowest BCUT2D eigenvalue weighted by molar-refractivity contribution is -0.139. The average molecular weight is 468 g/mol. The number of benzene rings is 1. The van der Waals surface area contributed by atoms with Crippen LogP contribution in [0.5, 0.6) is 0 Å². The normalized spacial score (nSPS) is 18.3. The van der Waals surface area contributed by atoms with Gasteiger partial charge in [-0.05, 0) is 59.9 Å². The van der Waals surface area contributed by atoms with E-state index in [0.29, 0.717) is 16.4 Å². The Bertz CT molecular complexity index is 1080. The third-order valence-electron chi connectivity index (χ3n) is 6.53. The smallest absolute Gasteiger partial charge is 0.278 e. The number of nitrogens with zero attached hydrogens (tertiary/aromatic N) is 1. The second-order valence-electron chi connectivity index (χ2n) is 9.84. The van der Waals surface area contributed by atoms with Gasteiger partial charge in [0.15, 0.2) is 0 Å². The highest BCUT2D eigenvalue weighted by atomic mass is 32.1. The van der Waals surface area contributed by atoms with Gasteiger partial charge in [-0.3, -0.25) is 34.9 Å². The number of amides is 4. The summed E-state index contributed by atoms with van der Waals surface area (Å²) in [4.78, 5) is 51.7. The molecule has 2 aliphatic rings. The molecule has 0 spiro atoms. The molecule has 174 valence electrons. The Morgan fingerprint density at radius 2 is 1.64 bits per heavy atom. The van der Waals surface area contributed by atoms with Gasteiger partial charge in [0.1, 0.15) is 0 Å². The number of hydrazine groups is 1. The van der Waals surface area contributed by atoms with Gasteiger partial charge in [0.25, 0.3) is 11.8 Å². The van der Waals surface area contributed by atoms with E-state index in [1.165, 1.54) is 26.7 Å². The van der Waals surface area contributed by atoms with Crippen molar-refractivity contribution in [1.29, 1.82) is 0 Å². The molecule has 1 aromatic carbocycles. The minimum Gasteiger partial charge on any atom is -0.278 e. The summed E-state index contributed by atoms with van der Waals surface area (Å²) in [7, 11) is 0. The van der Waals surface area contributed by atoms with Crippen molar-refractivity contribution in [2.24, 2.45) is 11.3 Å². The first kappa shape index (κ1) is 23.2. The lowest BCUT2D eigenvalue weighted by Crippen LogP contribution is -2.41. The molecule has 1 unspecified atom stereocenters. The van der Waals surface area contributed by atoms with Crippen LogP contribution in [0.3, 0.4) is 0 Å². The van der Waals surface area contributed by atoms with Gasteiger partial charge >= 0.3 is 0 Å². The molecule has 1 saturated heterocycles. The van der Waals surface area contributed by atoms with Crippen LogP contribution in [0, 0.1) is 11.3 Å². The summed E-state index contributed by atoms with van der Waals surface area (Å²) < 4.78 is 0. The highest BCUT2D eigenvalue weighted by molar-refractivity contribution is 7.14. The molecule has 33 heavy (non-hydrogen) atoms. The number of aryl methyl sites for hydroxylation is 1. The van der Waals surface area contributed by atoms with Crippen LogP contribution < -0.4 is 10.9 Å². The fraction of sp³-hybridized carbons (Fsp3) is 0.440. The summed E-state index contributed by atoms with van der Waals surface area (Å²) in [6, 6.07) is 8.58. The predicted octanol–water partition coefficient (Wildman–Crippen LogP) is 3.62. The van der Waals surface area contributed by atoms with E-state index in [4.69, 9.17) is 0 Å². The molecule has 1 aliphatic carbocycles. The summed E-state index contributed by atoms with van der Waals surface area (Å²) >= 11 is 1.50. The maximum absolute atomic E-state index is 12.6. The molecule has 0 bridgehead atoms. The van der Waals surface area contributed by atoms with Crippen molar-refractivity contribution in [1.82, 2.24) is 15.8 Å². The maximum Gasteiger partial charge on any atom is 0.279 e. The zero-order valence-electron chi connectivity index (χ0n) is 19.2. The molecule has 2 N–H and O–H groups in total. The zero-order valence-corrected chi connectivity index (χ0v) is 20.0. The fourth-order valence-corrected chi connectivity index (χ4v) is 5.47. The Morgan fingerprint density at radius 3 is 2.27 bits per heavy atom. The SMILES string of the molecule is CC(C)(C)C1CCc2sc(C(=O)NNC(=O)c3ccc(CN4C(=O)CCC4=O)cc3)cc2C1. The second-order valence-corrected chi connectivity index (χ2v) is 11.0. The summed E-state index contributed by atoms with van der Waals surface area (Å²) in [5.41, 5.74) is 7.59. The third-order valence-corrected chi connectivity index (χ3v) is 7.77. The van der Waals surface area contributed by atoms with Crippen LogP contribution in [-0.4, -0.2) is 28.5 Å². The number of imide groups is 1. The topological polar surface area (TPSA) is 95.6 Å². The van der Waals surface area contributed by atoms with Crippen LogP contribution in [0.25, 0.3) is 0 Å². The second kappa shape index (κ2) is 9.09. The van der Waals surface area contributed by atoms with E-state index in [2.05, 4.69) is 31.6 Å². The standard InChI is InChI=1S/C25H29N3O4S/c1-25(2,3)18-8-9-19-17(12-18)13-20(33-19)24(32)27-26-23(31)16-6-4-15(5-7-16)14-28-21(29)10-11-22(28)30/h4-7,13,18H,8-12,14H2,1-3H3,(H,26,31)(H,27,32). The summed E-state index contributed by atoms with van der Waals surface area (Å²) in [5, 5.41) is 0. The molecule has 1 atom stereocenters. The molecule has 0 saturated carbocycles. The number of fused-ring (bicyclic) bond motifs is 1. The van der Waals surface area contributed by atoms with Gasteiger partial charge in [0.2, 0.25) is 11.8 Å². The Hall–Kier alpha value is -3.00. The monoisotopic (exact) mass is 467 g/mol. The third kappa shape index (κ3) is 5.16. The minimum absolute atomic E-state index is 0.172. The first-order valence-electron chi connectivity index (χ1n) is 11.3. The van der Waals surface area contributed by atoms with Gasteiger partial charge in [0.05, 0.1) is 11.4 Å². The van der Waals surface area contributed by atoms with Crippen molar-refractivity contribution in [3.63, 3.8) is 0 Å². The zero-order chi connectivity index (χ0) is 23.8. The first-order chi connectivity index (χ1) is 15.6. The van der Waals surface area contributed by atoms with Crippen LogP contribution in [0.1, 0.15) is 76.1 Å². The first-order valence-corrected chi connectivity index (χ1v) is 12.1. The Kier molecular flexibility index (Phi) is 6.38. The van der Waals surface area contributed by atoms with Crippen molar-refractivity contribution in [3.05, 3.63) is 56.8 Å². The van der Waals surface area contributed by atoms with Crippen molar-refractivity contribution in [2.75, 3.05) is 0 Å². The number of carbonyl (C=O) groups is 4. The van der Waals surface area contributed by atoms with E-state index in [1.54, 1.807) is 24.3 Å². The number of hydrogen-bond acceptors (Lipinski definition) is 5. The lowest BCUT2D eigenvalue weighted by Gasteiger charge is -2.33. The molecular weight excluding hydrogens is 438 g/mol. The fourth-order valence-electron chi connectivity index (χ4n) is 4.37. The molecule has 1 fully saturated rings. The van der Waals surface area contributed by atoms with E-state index in [-0.39, 0.29) is 42.5 Å². The molecule has 7 nitrogen and oxygen atoms in total. The minimum atomic E-state index is -0.433. The van der Waals surface area contributed by atoms with Crippen molar-refractivity contribution in [2.45, 2.75) is 59.4 Å². The highest BCUT2D eigenvalue weighted by Crippen LogP contribution is 2.40. The highest BCUT2D eigenvalue weighted by Gasteiger charge is 2.31. The average Bonchev–Trinajstić information content (AvgIpc) is 3.35. The lowest BCUT2D eigenvalue weighted by atomic mass is 9.72. The van der Waals surface area contributed by atoms with Gasteiger partial charge in [0, 0.05) is 23.3 Å². The molecule has 8 heteroatoms. The summed E-state index contributed by atoms with van der Waals surface area (Å²) in [5.74, 6) is -0.502. The molecule has 1 aromatic heterocycles. The number of nitrogens with one attached hydrogen (secondary N) is 2. The molecule has 4 rings (SSSR count). The largest absolute Gasteiger partial charge is 0.279 e. The van der Waals surface area contributed by atoms with E-state index in [0.717, 1.165) is 24.8 Å². The van der Waals surface area contributed by atoms with E-state index >= 15 is 0 Å². The van der Waals surface area contributed by atoms with Gasteiger partial charge in [-0.2, -0.15) is 0 Å². The van der Waals surface area contributed by atoms with Gasteiger partial charge in [-0.25, -0.2) is 0 Å². The molecule has 2 heterocycles. The number of rotatable bonds is 4. The predicted molar refractivity (Wildman–Crippen MR) is 125 cm³/mol. The number of likely N-dealkylation sites (tertiary alicyclic amines) is 1. The number of hydrogen-bond donors (Lipinski definition) is 2. The summed E-state index contributed by atoms with van der Waals surface area (Å²) in [6.45, 7) is 6.98. The quantitative estimate of drug-likeness (QED) is 0.530. The van der Waals surface area contributed by atoms with Gasteiger partial charge < -0.3 is 0 Å². The molecule has 2 aromatic rings. The molecule has 1 aliphatic heterocycles. The van der Waals surface area contributed by atoms with Crippen molar-refractivity contribution >= 4 is 35.0 Å². The van der Waals surface area contributed by atoms with Crippen LogP contribution in [-0.2, 0) is 29.0 Å². The van der Waals surface area contributed by atoms with Crippen LogP contribution in [0.2, 0.25) is 0 Å². The van der Waals surface area contributed by atoms with E-state index in [9.17, 15) is 19.2 Å². The van der Waals surface area contributed by atoms with E-state index < -0.39 is 5.91 Å². The Balaban J connectivity index is 1.32. The number of carbonyl (C=O) groups excluding carboxylic acids is 4. The van der Waals surface area contributed by atoms with Crippen LogP contribution >= 0.6 is 11.3 Å². The van der Waals surface area contributed by atoms with Crippen LogP contribution in [0.4, 0.5) is 0 Å². The van der Waals surface area contributed by atoms with Gasteiger partial charge in [-0.1, -0.05) is 32.9 Å². The molecule has 4 amide bonds. The van der Waals surface area contributed by atoms with Crippen LogP contribution in [0.15, 0.2) is 30.3 Å². The summed E-state index contributed by atoms with van der Waals surface area (Å²) in [6.07, 6.45) is 3.61. The molecule has 0 radical (unpaired) electrons. The Labute approximate surface area is 197 Å². The van der Waals surface area contributed by atoms with Gasteiger partial charge in [-0.15, -0.1) is 11.3 Å². The van der Waals surface area contributed by atoms with Crippen molar-refractivity contribution in [3.8, 4) is 0 Å². The Morgan fingerprint density at radius 1 is 1.00 bits per heavy atom. The maximum atomic E-state index is 12.6. The van der Waals surface area contributed by atoms with E-state index in [1.807, 2.05) is 6.07 Å². The van der Waals surface area contributed by atoms with Crippen molar-refractivity contribution < 1.29 is 19.2 Å². The molecular formula is C25H29N3O4S.